The molecule has 2 unspecified atom stereocenters. The lowest BCUT2D eigenvalue weighted by Crippen LogP contribution is -2.52. The standard InChI is InChI=1S/C19H26N6O4/c1-19(2,3)15-9-13(5-8-23(15)18(28)29)10-16(26)25(24-7-4-6-22-24)14-11-20-12-21-17(14)27/h4,6-7,11-13,15H,5,8-10H2,1-3H3,(H,28,29)(H,20,21,27). The van der Waals surface area contributed by atoms with Gasteiger partial charge in [-0.25, -0.2) is 9.78 Å². The van der Waals surface area contributed by atoms with Crippen molar-refractivity contribution in [2.45, 2.75) is 46.1 Å². The van der Waals surface area contributed by atoms with Crippen molar-refractivity contribution in [2.75, 3.05) is 11.6 Å². The quantitative estimate of drug-likeness (QED) is 0.805. The van der Waals surface area contributed by atoms with Crippen LogP contribution in [-0.2, 0) is 4.79 Å². The summed E-state index contributed by atoms with van der Waals surface area (Å²) in [7, 11) is 0. The Kier molecular flexibility index (Phi) is 5.71. The summed E-state index contributed by atoms with van der Waals surface area (Å²) >= 11 is 0. The van der Waals surface area contributed by atoms with E-state index in [1.165, 1.54) is 33.4 Å². The number of anilines is 1. The van der Waals surface area contributed by atoms with E-state index in [2.05, 4.69) is 15.1 Å². The Bertz CT molecular complexity index is 917. The Labute approximate surface area is 168 Å². The van der Waals surface area contributed by atoms with Crippen LogP contribution in [0.4, 0.5) is 10.5 Å². The number of nitrogens with zero attached hydrogens (tertiary/aromatic N) is 5. The number of rotatable bonds is 4. The number of aromatic amines is 1. The van der Waals surface area contributed by atoms with Gasteiger partial charge >= 0.3 is 6.09 Å². The molecule has 1 aliphatic rings. The molecule has 1 saturated heterocycles. The molecule has 2 atom stereocenters. The highest BCUT2D eigenvalue weighted by Crippen LogP contribution is 2.36. The predicted molar refractivity (Wildman–Crippen MR) is 105 cm³/mol. The largest absolute Gasteiger partial charge is 0.465 e. The number of H-pyrrole nitrogens is 1. The lowest BCUT2D eigenvalue weighted by Gasteiger charge is -2.44. The summed E-state index contributed by atoms with van der Waals surface area (Å²) in [4.78, 5) is 46.2. The van der Waals surface area contributed by atoms with Gasteiger partial charge in [0.1, 0.15) is 0 Å². The molecule has 2 amide bonds. The van der Waals surface area contributed by atoms with Crippen molar-refractivity contribution in [1.82, 2.24) is 24.8 Å². The zero-order valence-electron chi connectivity index (χ0n) is 16.8. The fourth-order valence-electron chi connectivity index (χ4n) is 3.83. The van der Waals surface area contributed by atoms with E-state index < -0.39 is 11.7 Å². The smallest absolute Gasteiger partial charge is 0.407 e. The van der Waals surface area contributed by atoms with Gasteiger partial charge in [0.25, 0.3) is 5.56 Å². The second-order valence-corrected chi connectivity index (χ2v) is 8.35. The molecule has 0 bridgehead atoms. The van der Waals surface area contributed by atoms with Crippen molar-refractivity contribution in [3.63, 3.8) is 0 Å². The van der Waals surface area contributed by atoms with Gasteiger partial charge in [0.15, 0.2) is 5.69 Å². The number of aromatic nitrogens is 4. The van der Waals surface area contributed by atoms with Gasteiger partial charge in [-0.3, -0.25) is 9.59 Å². The van der Waals surface area contributed by atoms with Gasteiger partial charge in [-0.15, -0.1) is 0 Å². The maximum atomic E-state index is 13.2. The zero-order valence-corrected chi connectivity index (χ0v) is 16.8. The van der Waals surface area contributed by atoms with Crippen LogP contribution in [-0.4, -0.2) is 54.5 Å². The third kappa shape index (κ3) is 4.47. The second kappa shape index (κ2) is 8.06. The third-order valence-corrected chi connectivity index (χ3v) is 5.28. The van der Waals surface area contributed by atoms with Gasteiger partial charge in [-0.1, -0.05) is 20.8 Å². The minimum Gasteiger partial charge on any atom is -0.465 e. The van der Waals surface area contributed by atoms with Gasteiger partial charge in [-0.2, -0.15) is 14.9 Å². The first-order valence-corrected chi connectivity index (χ1v) is 9.53. The molecule has 1 aliphatic heterocycles. The number of hydrogen-bond acceptors (Lipinski definition) is 5. The fraction of sp³-hybridized carbons (Fsp3) is 0.526. The summed E-state index contributed by atoms with van der Waals surface area (Å²) in [6.07, 6.45) is 6.08. The van der Waals surface area contributed by atoms with Gasteiger partial charge in [-0.05, 0) is 30.2 Å². The monoisotopic (exact) mass is 402 g/mol. The second-order valence-electron chi connectivity index (χ2n) is 8.35. The Morgan fingerprint density at radius 2 is 2.14 bits per heavy atom. The lowest BCUT2D eigenvalue weighted by molar-refractivity contribution is -0.121. The lowest BCUT2D eigenvalue weighted by atomic mass is 9.76. The zero-order chi connectivity index (χ0) is 21.2. The Balaban J connectivity index is 1.83. The fourth-order valence-corrected chi connectivity index (χ4v) is 3.83. The van der Waals surface area contributed by atoms with Crippen LogP contribution in [0.1, 0.15) is 40.0 Å². The normalized spacial score (nSPS) is 19.8. The molecule has 10 heteroatoms. The number of likely N-dealkylation sites (tertiary alicyclic amines) is 1. The number of carbonyl (C=O) groups excluding carboxylic acids is 1. The molecule has 156 valence electrons. The third-order valence-electron chi connectivity index (χ3n) is 5.28. The summed E-state index contributed by atoms with van der Waals surface area (Å²) in [5.41, 5.74) is -0.615. The predicted octanol–water partition coefficient (Wildman–Crippen LogP) is 1.96. The van der Waals surface area contributed by atoms with Crippen LogP contribution in [0.2, 0.25) is 0 Å². The molecular formula is C19H26N6O4. The molecule has 0 aliphatic carbocycles. The van der Waals surface area contributed by atoms with E-state index >= 15 is 0 Å². The molecule has 10 nitrogen and oxygen atoms in total. The number of piperidine rings is 1. The minimum atomic E-state index is -0.935. The molecule has 3 rings (SSSR count). The van der Waals surface area contributed by atoms with E-state index in [-0.39, 0.29) is 35.4 Å². The first kappa shape index (κ1) is 20.6. The van der Waals surface area contributed by atoms with Gasteiger partial charge < -0.3 is 15.0 Å². The van der Waals surface area contributed by atoms with Crippen LogP contribution >= 0.6 is 0 Å². The Morgan fingerprint density at radius 1 is 1.38 bits per heavy atom. The number of hydrogen-bond donors (Lipinski definition) is 2. The highest BCUT2D eigenvalue weighted by atomic mass is 16.4. The minimum absolute atomic E-state index is 0.00357. The SMILES string of the molecule is CC(C)(C)C1CC(CC(=O)N(c2cnc[nH]c2=O)n2cccn2)CCN1C(=O)O. The Hall–Kier alpha value is -3.17. The van der Waals surface area contributed by atoms with Crippen LogP contribution in [0, 0.1) is 11.3 Å². The van der Waals surface area contributed by atoms with Crippen molar-refractivity contribution in [3.05, 3.63) is 41.3 Å². The molecule has 1 fully saturated rings. The van der Waals surface area contributed by atoms with Crippen molar-refractivity contribution in [3.8, 4) is 0 Å². The molecular weight excluding hydrogens is 376 g/mol. The average Bonchev–Trinajstić information content (AvgIpc) is 3.17. The average molecular weight is 402 g/mol. The van der Waals surface area contributed by atoms with Crippen LogP contribution in [0.5, 0.6) is 0 Å². The van der Waals surface area contributed by atoms with E-state index in [0.29, 0.717) is 19.4 Å². The van der Waals surface area contributed by atoms with Crippen molar-refractivity contribution < 1.29 is 14.7 Å². The van der Waals surface area contributed by atoms with E-state index in [0.717, 1.165) is 0 Å². The van der Waals surface area contributed by atoms with Crippen LogP contribution in [0.25, 0.3) is 0 Å². The molecule has 0 aromatic carbocycles. The highest BCUT2D eigenvalue weighted by Gasteiger charge is 2.39. The van der Waals surface area contributed by atoms with Gasteiger partial charge in [0.2, 0.25) is 5.91 Å². The molecule has 2 aromatic rings. The van der Waals surface area contributed by atoms with Crippen molar-refractivity contribution in [1.29, 1.82) is 0 Å². The van der Waals surface area contributed by atoms with E-state index in [4.69, 9.17) is 0 Å². The van der Waals surface area contributed by atoms with E-state index in [1.54, 1.807) is 12.3 Å². The van der Waals surface area contributed by atoms with Crippen molar-refractivity contribution in [2.24, 2.45) is 11.3 Å². The summed E-state index contributed by atoms with van der Waals surface area (Å²) in [6, 6.07) is 1.47. The summed E-state index contributed by atoms with van der Waals surface area (Å²) in [5.74, 6) is -0.301. The highest BCUT2D eigenvalue weighted by molar-refractivity contribution is 5.92. The van der Waals surface area contributed by atoms with Crippen LogP contribution in [0.15, 0.2) is 35.8 Å². The van der Waals surface area contributed by atoms with Gasteiger partial charge in [0.05, 0.1) is 18.7 Å². The number of carbonyl (C=O) groups is 2. The summed E-state index contributed by atoms with van der Waals surface area (Å²) < 4.78 is 0. The van der Waals surface area contributed by atoms with Crippen LogP contribution in [0.3, 0.4) is 0 Å². The molecule has 0 saturated carbocycles. The maximum Gasteiger partial charge on any atom is 0.407 e. The van der Waals surface area contributed by atoms with Crippen LogP contribution < -0.4 is 10.6 Å². The van der Waals surface area contributed by atoms with Crippen molar-refractivity contribution >= 4 is 17.7 Å². The van der Waals surface area contributed by atoms with Gasteiger partial charge in [0, 0.05) is 25.2 Å². The Morgan fingerprint density at radius 3 is 2.72 bits per heavy atom. The molecule has 2 N–H and O–H groups in total. The molecule has 2 aromatic heterocycles. The number of amides is 2. The van der Waals surface area contributed by atoms with E-state index in [9.17, 15) is 19.5 Å². The molecule has 0 spiro atoms. The topological polar surface area (TPSA) is 124 Å². The molecule has 0 radical (unpaired) electrons. The molecule has 3 heterocycles. The maximum absolute atomic E-state index is 13.2. The molecule has 29 heavy (non-hydrogen) atoms. The number of nitrogens with one attached hydrogen (secondary N) is 1. The summed E-state index contributed by atoms with van der Waals surface area (Å²) in [6.45, 7) is 6.39. The first-order valence-electron chi connectivity index (χ1n) is 9.53. The van der Waals surface area contributed by atoms with E-state index in [1.807, 2.05) is 20.8 Å². The summed E-state index contributed by atoms with van der Waals surface area (Å²) in [5, 5.41) is 14.8. The first-order chi connectivity index (χ1) is 13.7. The number of carboxylic acid groups (broad SMARTS) is 1.